The molecule has 1 aliphatic heterocycles. The van der Waals surface area contributed by atoms with Crippen LogP contribution in [0.5, 0.6) is 0 Å². The number of carbonyl (C=O) groups is 2. The molecule has 1 fully saturated rings. The highest BCUT2D eigenvalue weighted by atomic mass is 16.4. The average Bonchev–Trinajstić information content (AvgIpc) is 2.38. The number of carbonyl (C=O) groups excluding carboxylic acids is 1. The molecule has 0 saturated carbocycles. The number of urea groups is 1. The summed E-state index contributed by atoms with van der Waals surface area (Å²) in [7, 11) is 1.59. The number of hydrogen-bond donors (Lipinski definition) is 1. The number of rotatable bonds is 4. The van der Waals surface area contributed by atoms with Crippen LogP contribution in [0.1, 0.15) is 46.0 Å². The topological polar surface area (TPSA) is 60.9 Å². The minimum absolute atomic E-state index is 0.143. The minimum atomic E-state index is -0.932. The summed E-state index contributed by atoms with van der Waals surface area (Å²) in [6, 6.07) is -0.604. The van der Waals surface area contributed by atoms with Gasteiger partial charge in [-0.05, 0) is 32.1 Å². The second kappa shape index (κ2) is 6.61. The molecule has 104 valence electrons. The normalized spacial score (nSPS) is 21.5. The molecule has 0 aromatic carbocycles. The Bertz CT molecular complexity index is 307. The number of likely N-dealkylation sites (tertiary alicyclic amines) is 1. The van der Waals surface area contributed by atoms with E-state index in [1.165, 1.54) is 4.90 Å². The van der Waals surface area contributed by atoms with E-state index in [4.69, 9.17) is 5.11 Å². The monoisotopic (exact) mass is 256 g/mol. The van der Waals surface area contributed by atoms with Crippen molar-refractivity contribution < 1.29 is 14.7 Å². The van der Waals surface area contributed by atoms with Crippen LogP contribution in [0.2, 0.25) is 0 Å². The van der Waals surface area contributed by atoms with E-state index in [0.29, 0.717) is 6.42 Å². The maximum atomic E-state index is 12.4. The Morgan fingerprint density at radius 3 is 2.56 bits per heavy atom. The Morgan fingerprint density at radius 1 is 1.39 bits per heavy atom. The summed E-state index contributed by atoms with van der Waals surface area (Å²) in [5.41, 5.74) is 0. The largest absolute Gasteiger partial charge is 0.480 e. The third kappa shape index (κ3) is 3.15. The van der Waals surface area contributed by atoms with Crippen LogP contribution in [0.25, 0.3) is 0 Å². The summed E-state index contributed by atoms with van der Waals surface area (Å²) >= 11 is 0. The Balaban J connectivity index is 2.74. The van der Waals surface area contributed by atoms with E-state index < -0.39 is 12.0 Å². The van der Waals surface area contributed by atoms with Crippen molar-refractivity contribution in [3.8, 4) is 0 Å². The number of aliphatic carboxylic acids is 1. The molecule has 0 bridgehead atoms. The fourth-order valence-electron chi connectivity index (χ4n) is 2.63. The number of nitrogens with zero attached hydrogens (tertiary/aromatic N) is 2. The second-order valence-corrected chi connectivity index (χ2v) is 4.91. The zero-order chi connectivity index (χ0) is 13.7. The number of amides is 2. The highest BCUT2D eigenvalue weighted by Gasteiger charge is 2.32. The van der Waals surface area contributed by atoms with Crippen molar-refractivity contribution in [3.05, 3.63) is 0 Å². The third-order valence-corrected chi connectivity index (χ3v) is 3.79. The summed E-state index contributed by atoms with van der Waals surface area (Å²) in [5.74, 6) is -0.932. The predicted octanol–water partition coefficient (Wildman–Crippen LogP) is 2.17. The maximum Gasteiger partial charge on any atom is 0.326 e. The lowest BCUT2D eigenvalue weighted by Gasteiger charge is -2.39. The average molecular weight is 256 g/mol. The molecule has 5 nitrogen and oxygen atoms in total. The van der Waals surface area contributed by atoms with Crippen molar-refractivity contribution in [1.29, 1.82) is 0 Å². The van der Waals surface area contributed by atoms with Gasteiger partial charge in [0.25, 0.3) is 0 Å². The molecule has 1 rings (SSSR count). The SMILES string of the molecule is CCC(C(=O)O)N(C)C(=O)N1CCCCC1CC. The number of piperidine rings is 1. The first-order valence-corrected chi connectivity index (χ1v) is 6.79. The van der Waals surface area contributed by atoms with Crippen LogP contribution < -0.4 is 0 Å². The van der Waals surface area contributed by atoms with E-state index in [0.717, 1.165) is 32.2 Å². The molecule has 2 amide bonds. The first-order chi connectivity index (χ1) is 8.52. The maximum absolute atomic E-state index is 12.4. The molecule has 5 heteroatoms. The van der Waals surface area contributed by atoms with Crippen LogP contribution >= 0.6 is 0 Å². The summed E-state index contributed by atoms with van der Waals surface area (Å²) < 4.78 is 0. The quantitative estimate of drug-likeness (QED) is 0.838. The Hall–Kier alpha value is -1.26. The molecule has 1 aliphatic rings. The number of carboxylic acids is 1. The van der Waals surface area contributed by atoms with Gasteiger partial charge in [-0.2, -0.15) is 0 Å². The van der Waals surface area contributed by atoms with Gasteiger partial charge in [-0.1, -0.05) is 13.8 Å². The lowest BCUT2D eigenvalue weighted by atomic mass is 10.0. The highest BCUT2D eigenvalue weighted by Crippen LogP contribution is 2.21. The summed E-state index contributed by atoms with van der Waals surface area (Å²) in [5, 5.41) is 9.10. The molecular weight excluding hydrogens is 232 g/mol. The Labute approximate surface area is 109 Å². The molecule has 1 N–H and O–H groups in total. The first-order valence-electron chi connectivity index (χ1n) is 6.79. The van der Waals surface area contributed by atoms with Gasteiger partial charge in [-0.3, -0.25) is 0 Å². The molecule has 1 heterocycles. The van der Waals surface area contributed by atoms with Gasteiger partial charge in [0.15, 0.2) is 0 Å². The molecule has 18 heavy (non-hydrogen) atoms. The molecule has 2 unspecified atom stereocenters. The molecule has 0 aliphatic carbocycles. The van der Waals surface area contributed by atoms with Gasteiger partial charge in [0.2, 0.25) is 0 Å². The van der Waals surface area contributed by atoms with Gasteiger partial charge in [0.05, 0.1) is 0 Å². The van der Waals surface area contributed by atoms with Crippen LogP contribution in [0.15, 0.2) is 0 Å². The van der Waals surface area contributed by atoms with Gasteiger partial charge >= 0.3 is 12.0 Å². The number of carboxylic acid groups (broad SMARTS) is 1. The van der Waals surface area contributed by atoms with E-state index in [1.807, 2.05) is 4.90 Å². The van der Waals surface area contributed by atoms with E-state index in [1.54, 1.807) is 14.0 Å². The van der Waals surface area contributed by atoms with E-state index in [-0.39, 0.29) is 12.1 Å². The second-order valence-electron chi connectivity index (χ2n) is 4.91. The smallest absolute Gasteiger partial charge is 0.326 e. The minimum Gasteiger partial charge on any atom is -0.480 e. The van der Waals surface area contributed by atoms with Crippen LogP contribution in [-0.2, 0) is 4.79 Å². The molecular formula is C13H24N2O3. The van der Waals surface area contributed by atoms with Crippen molar-refractivity contribution in [2.24, 2.45) is 0 Å². The molecule has 0 radical (unpaired) electrons. The highest BCUT2D eigenvalue weighted by molar-refractivity contribution is 5.82. The van der Waals surface area contributed by atoms with Crippen molar-refractivity contribution in [2.75, 3.05) is 13.6 Å². The van der Waals surface area contributed by atoms with Crippen molar-refractivity contribution in [1.82, 2.24) is 9.80 Å². The predicted molar refractivity (Wildman–Crippen MR) is 69.5 cm³/mol. The summed E-state index contributed by atoms with van der Waals surface area (Å²) in [4.78, 5) is 26.7. The van der Waals surface area contributed by atoms with Gasteiger partial charge in [0, 0.05) is 19.6 Å². The Morgan fingerprint density at radius 2 is 2.06 bits per heavy atom. The van der Waals surface area contributed by atoms with Crippen LogP contribution in [0, 0.1) is 0 Å². The molecule has 0 aromatic rings. The van der Waals surface area contributed by atoms with Gasteiger partial charge < -0.3 is 14.9 Å². The lowest BCUT2D eigenvalue weighted by molar-refractivity contribution is -0.142. The van der Waals surface area contributed by atoms with Gasteiger partial charge in [-0.15, -0.1) is 0 Å². The van der Waals surface area contributed by atoms with E-state index in [9.17, 15) is 9.59 Å². The van der Waals surface area contributed by atoms with Gasteiger partial charge in [-0.25, -0.2) is 9.59 Å². The van der Waals surface area contributed by atoms with Crippen LogP contribution in [0.3, 0.4) is 0 Å². The standard InChI is InChI=1S/C13H24N2O3/c1-4-10-8-6-7-9-15(10)13(18)14(3)11(5-2)12(16)17/h10-11H,4-9H2,1-3H3,(H,16,17). The number of likely N-dealkylation sites (N-methyl/N-ethyl adjacent to an activating group) is 1. The first kappa shape index (κ1) is 14.8. The number of hydrogen-bond acceptors (Lipinski definition) is 2. The van der Waals surface area contributed by atoms with Gasteiger partial charge in [0.1, 0.15) is 6.04 Å². The van der Waals surface area contributed by atoms with Crippen LogP contribution in [0.4, 0.5) is 4.79 Å². The van der Waals surface area contributed by atoms with Crippen molar-refractivity contribution >= 4 is 12.0 Å². The van der Waals surface area contributed by atoms with E-state index in [2.05, 4.69) is 6.92 Å². The molecule has 0 spiro atoms. The third-order valence-electron chi connectivity index (χ3n) is 3.79. The fourth-order valence-corrected chi connectivity index (χ4v) is 2.63. The zero-order valence-electron chi connectivity index (χ0n) is 11.6. The summed E-state index contributed by atoms with van der Waals surface area (Å²) in [6.07, 6.45) is 4.56. The van der Waals surface area contributed by atoms with Crippen molar-refractivity contribution in [2.45, 2.75) is 58.0 Å². The Kier molecular flexibility index (Phi) is 5.44. The summed E-state index contributed by atoms with van der Waals surface area (Å²) in [6.45, 7) is 4.61. The molecule has 0 aromatic heterocycles. The molecule has 1 saturated heterocycles. The lowest BCUT2D eigenvalue weighted by Crippen LogP contribution is -2.53. The zero-order valence-corrected chi connectivity index (χ0v) is 11.6. The van der Waals surface area contributed by atoms with Crippen molar-refractivity contribution in [3.63, 3.8) is 0 Å². The fraction of sp³-hybridized carbons (Fsp3) is 0.846. The van der Waals surface area contributed by atoms with Crippen LogP contribution in [-0.4, -0.2) is 52.6 Å². The van der Waals surface area contributed by atoms with E-state index >= 15 is 0 Å². The molecule has 2 atom stereocenters.